The predicted octanol–water partition coefficient (Wildman–Crippen LogP) is 2.12. The van der Waals surface area contributed by atoms with Crippen molar-refractivity contribution in [1.29, 1.82) is 0 Å². The maximum absolute atomic E-state index is 12.7. The first kappa shape index (κ1) is 19.5. The molecule has 0 unspecified atom stereocenters. The van der Waals surface area contributed by atoms with E-state index in [0.717, 1.165) is 4.57 Å². The van der Waals surface area contributed by atoms with Crippen LogP contribution in [0.15, 0.2) is 87.3 Å². The van der Waals surface area contributed by atoms with Crippen LogP contribution in [0, 0.1) is 0 Å². The van der Waals surface area contributed by atoms with E-state index < -0.39 is 21.3 Å². The number of aromatic nitrogens is 2. The monoisotopic (exact) mass is 422 g/mol. The van der Waals surface area contributed by atoms with Crippen LogP contribution in [0.25, 0.3) is 10.9 Å². The Morgan fingerprint density at radius 2 is 1.63 bits per heavy atom. The van der Waals surface area contributed by atoms with Gasteiger partial charge in [0, 0.05) is 11.4 Å². The highest BCUT2D eigenvalue weighted by atomic mass is 32.2. The molecule has 0 aliphatic rings. The van der Waals surface area contributed by atoms with Crippen LogP contribution < -0.4 is 21.7 Å². The lowest BCUT2D eigenvalue weighted by molar-refractivity contribution is 0.601. The van der Waals surface area contributed by atoms with Crippen LogP contribution in [0.2, 0.25) is 0 Å². The number of fused-ring (bicyclic) bond motifs is 1. The van der Waals surface area contributed by atoms with Crippen LogP contribution in [0.4, 0.5) is 11.4 Å². The first-order chi connectivity index (χ1) is 14.3. The van der Waals surface area contributed by atoms with Crippen molar-refractivity contribution in [3.05, 3.63) is 99.2 Å². The highest BCUT2D eigenvalue weighted by Crippen LogP contribution is 2.17. The number of nitrogens with one attached hydrogen (secondary N) is 2. The molecule has 8 nitrogen and oxygen atoms in total. The second kappa shape index (κ2) is 7.53. The van der Waals surface area contributed by atoms with Gasteiger partial charge in [0.05, 0.1) is 22.3 Å². The largest absolute Gasteiger partial charge is 0.399 e. The van der Waals surface area contributed by atoms with E-state index in [9.17, 15) is 18.0 Å². The van der Waals surface area contributed by atoms with Gasteiger partial charge in [-0.15, -0.1) is 0 Å². The molecule has 0 atom stereocenters. The van der Waals surface area contributed by atoms with Crippen molar-refractivity contribution in [2.75, 3.05) is 10.5 Å². The number of nitrogens with two attached hydrogens (primary N) is 1. The molecule has 3 aromatic carbocycles. The van der Waals surface area contributed by atoms with E-state index in [1.807, 2.05) is 0 Å². The zero-order valence-corrected chi connectivity index (χ0v) is 16.5. The molecule has 1 aromatic heterocycles. The van der Waals surface area contributed by atoms with Gasteiger partial charge in [-0.3, -0.25) is 14.1 Å². The molecule has 4 aromatic rings. The van der Waals surface area contributed by atoms with E-state index in [2.05, 4.69) is 9.71 Å². The first-order valence-electron chi connectivity index (χ1n) is 9.03. The standard InChI is InChI=1S/C21H18N4O4S/c22-15-8-11-19-18(12-15)20(26)25(21(27)23-19)13-14-6-9-17(10-7-14)30(28,29)24-16-4-2-1-3-5-16/h1-12,24H,13,22H2,(H,23,27). The Hall–Kier alpha value is -3.85. The summed E-state index contributed by atoms with van der Waals surface area (Å²) >= 11 is 0. The highest BCUT2D eigenvalue weighted by Gasteiger charge is 2.14. The molecule has 0 radical (unpaired) electrons. The lowest BCUT2D eigenvalue weighted by atomic mass is 10.2. The van der Waals surface area contributed by atoms with Crippen LogP contribution in [-0.2, 0) is 16.6 Å². The third-order valence-electron chi connectivity index (χ3n) is 4.61. The van der Waals surface area contributed by atoms with Gasteiger partial charge in [0.25, 0.3) is 15.6 Å². The Labute approximate surface area is 171 Å². The number of nitrogen functional groups attached to an aromatic ring is 1. The molecule has 152 valence electrons. The topological polar surface area (TPSA) is 127 Å². The lowest BCUT2D eigenvalue weighted by Crippen LogP contribution is -2.35. The number of para-hydroxylation sites is 1. The third kappa shape index (κ3) is 3.83. The molecule has 0 aliphatic heterocycles. The number of sulfonamides is 1. The summed E-state index contributed by atoms with van der Waals surface area (Å²) in [6.45, 7) is -0.00858. The number of rotatable bonds is 5. The number of anilines is 2. The normalized spacial score (nSPS) is 11.5. The fourth-order valence-corrected chi connectivity index (χ4v) is 4.15. The summed E-state index contributed by atoms with van der Waals surface area (Å²) in [5, 5.41) is 0.306. The summed E-state index contributed by atoms with van der Waals surface area (Å²) < 4.78 is 28.6. The van der Waals surface area contributed by atoms with Crippen LogP contribution in [0.3, 0.4) is 0 Å². The summed E-state index contributed by atoms with van der Waals surface area (Å²) in [6, 6.07) is 19.2. The average Bonchev–Trinajstić information content (AvgIpc) is 2.72. The van der Waals surface area contributed by atoms with Crippen molar-refractivity contribution in [1.82, 2.24) is 9.55 Å². The minimum atomic E-state index is -3.75. The molecule has 0 saturated heterocycles. The van der Waals surface area contributed by atoms with Crippen LogP contribution >= 0.6 is 0 Å². The molecule has 30 heavy (non-hydrogen) atoms. The van der Waals surface area contributed by atoms with E-state index in [0.29, 0.717) is 27.8 Å². The number of hydrogen-bond donors (Lipinski definition) is 3. The Morgan fingerprint density at radius 1 is 0.933 bits per heavy atom. The summed E-state index contributed by atoms with van der Waals surface area (Å²) in [4.78, 5) is 27.8. The molecule has 0 fully saturated rings. The van der Waals surface area contributed by atoms with Gasteiger partial charge in [0.2, 0.25) is 0 Å². The summed E-state index contributed by atoms with van der Waals surface area (Å²) in [5.74, 6) is 0. The summed E-state index contributed by atoms with van der Waals surface area (Å²) in [6.07, 6.45) is 0. The molecule has 0 bridgehead atoms. The molecule has 4 rings (SSSR count). The third-order valence-corrected chi connectivity index (χ3v) is 6.00. The minimum Gasteiger partial charge on any atom is -0.399 e. The quantitative estimate of drug-likeness (QED) is 0.425. The zero-order valence-electron chi connectivity index (χ0n) is 15.7. The number of benzene rings is 3. The van der Waals surface area contributed by atoms with Gasteiger partial charge >= 0.3 is 5.69 Å². The number of hydrogen-bond acceptors (Lipinski definition) is 5. The van der Waals surface area contributed by atoms with Crippen LogP contribution in [0.5, 0.6) is 0 Å². The fraction of sp³-hybridized carbons (Fsp3) is 0.0476. The number of H-pyrrole nitrogens is 1. The van der Waals surface area contributed by atoms with Gasteiger partial charge in [-0.1, -0.05) is 30.3 Å². The molecule has 9 heteroatoms. The van der Waals surface area contributed by atoms with Gasteiger partial charge in [0.1, 0.15) is 0 Å². The van der Waals surface area contributed by atoms with Gasteiger partial charge in [-0.2, -0.15) is 0 Å². The van der Waals surface area contributed by atoms with Crippen LogP contribution in [0.1, 0.15) is 5.56 Å². The fourth-order valence-electron chi connectivity index (χ4n) is 3.09. The van der Waals surface area contributed by atoms with E-state index in [4.69, 9.17) is 5.73 Å². The summed E-state index contributed by atoms with van der Waals surface area (Å²) in [5.41, 5.74) is 6.60. The van der Waals surface area contributed by atoms with Crippen molar-refractivity contribution >= 4 is 32.3 Å². The van der Waals surface area contributed by atoms with Gasteiger partial charge in [0.15, 0.2) is 0 Å². The highest BCUT2D eigenvalue weighted by molar-refractivity contribution is 7.92. The van der Waals surface area contributed by atoms with Crippen molar-refractivity contribution in [2.24, 2.45) is 0 Å². The van der Waals surface area contributed by atoms with Gasteiger partial charge < -0.3 is 10.7 Å². The maximum Gasteiger partial charge on any atom is 0.329 e. The first-order valence-corrected chi connectivity index (χ1v) is 10.5. The smallest absolute Gasteiger partial charge is 0.329 e. The van der Waals surface area contributed by atoms with E-state index in [1.165, 1.54) is 18.2 Å². The Morgan fingerprint density at radius 3 is 2.33 bits per heavy atom. The zero-order chi connectivity index (χ0) is 21.3. The Kier molecular flexibility index (Phi) is 4.88. The van der Waals surface area contributed by atoms with Gasteiger partial charge in [-0.05, 0) is 48.0 Å². The Bertz CT molecular complexity index is 1440. The van der Waals surface area contributed by atoms with E-state index in [1.54, 1.807) is 54.6 Å². The second-order valence-corrected chi connectivity index (χ2v) is 8.42. The van der Waals surface area contributed by atoms with Gasteiger partial charge in [-0.25, -0.2) is 13.2 Å². The molecule has 0 amide bonds. The predicted molar refractivity (Wildman–Crippen MR) is 116 cm³/mol. The number of aromatic amines is 1. The van der Waals surface area contributed by atoms with Crippen molar-refractivity contribution < 1.29 is 8.42 Å². The molecule has 1 heterocycles. The molecule has 0 saturated carbocycles. The SMILES string of the molecule is Nc1ccc2[nH]c(=O)n(Cc3ccc(S(=O)(=O)Nc4ccccc4)cc3)c(=O)c2c1. The molecule has 0 spiro atoms. The second-order valence-electron chi connectivity index (χ2n) is 6.74. The number of nitrogens with zero attached hydrogens (tertiary/aromatic N) is 1. The van der Waals surface area contributed by atoms with E-state index in [-0.39, 0.29) is 11.4 Å². The van der Waals surface area contributed by atoms with Crippen molar-refractivity contribution in [3.8, 4) is 0 Å². The van der Waals surface area contributed by atoms with E-state index >= 15 is 0 Å². The van der Waals surface area contributed by atoms with Crippen molar-refractivity contribution in [3.63, 3.8) is 0 Å². The maximum atomic E-state index is 12.7. The molecule has 0 aliphatic carbocycles. The summed E-state index contributed by atoms with van der Waals surface area (Å²) in [7, 11) is -3.75. The Balaban J connectivity index is 1.63. The lowest BCUT2D eigenvalue weighted by Gasteiger charge is -2.10. The van der Waals surface area contributed by atoms with Crippen LogP contribution in [-0.4, -0.2) is 18.0 Å². The average molecular weight is 422 g/mol. The molecular weight excluding hydrogens is 404 g/mol. The van der Waals surface area contributed by atoms with Crippen molar-refractivity contribution in [2.45, 2.75) is 11.4 Å². The molecule has 4 N–H and O–H groups in total. The molecular formula is C21H18N4O4S. The minimum absolute atomic E-state index is 0.00858.